The van der Waals surface area contributed by atoms with Gasteiger partial charge in [0.25, 0.3) is 0 Å². The van der Waals surface area contributed by atoms with E-state index in [9.17, 15) is 30.6 Å². The third kappa shape index (κ3) is 6.51. The number of phenolic OH excluding ortho intramolecular Hbond substituents is 1. The van der Waals surface area contributed by atoms with Crippen LogP contribution in [0.1, 0.15) is 22.6 Å². The van der Waals surface area contributed by atoms with Crippen LogP contribution in [0.4, 0.5) is 0 Å². The van der Waals surface area contributed by atoms with Crippen LogP contribution >= 0.6 is 0 Å². The fourth-order valence-electron chi connectivity index (χ4n) is 4.19. The van der Waals surface area contributed by atoms with Crippen molar-refractivity contribution < 1.29 is 54.7 Å². The molecule has 3 rings (SSSR count). The van der Waals surface area contributed by atoms with Crippen molar-refractivity contribution in [2.75, 3.05) is 34.0 Å². The van der Waals surface area contributed by atoms with Crippen LogP contribution in [0.25, 0.3) is 6.08 Å². The van der Waals surface area contributed by atoms with Crippen molar-refractivity contribution >= 4 is 6.08 Å². The van der Waals surface area contributed by atoms with Gasteiger partial charge in [0, 0.05) is 11.5 Å². The molecular formula is C26H34O11. The second-order valence-corrected chi connectivity index (χ2v) is 8.63. The number of hydrogen-bond acceptors (Lipinski definition) is 11. The molecule has 11 heteroatoms. The van der Waals surface area contributed by atoms with E-state index in [2.05, 4.69) is 0 Å². The highest BCUT2D eigenvalue weighted by Crippen LogP contribution is 2.39. The molecule has 0 amide bonds. The number of aliphatic hydroxyl groups excluding tert-OH is 6. The summed E-state index contributed by atoms with van der Waals surface area (Å²) in [5.41, 5.74) is 1.87. The molecule has 0 saturated carbocycles. The third-order valence-electron chi connectivity index (χ3n) is 6.22. The summed E-state index contributed by atoms with van der Waals surface area (Å²) in [7, 11) is 2.84. The number of benzene rings is 2. The van der Waals surface area contributed by atoms with Crippen molar-refractivity contribution in [3.63, 3.8) is 0 Å². The summed E-state index contributed by atoms with van der Waals surface area (Å²) >= 11 is 0. The van der Waals surface area contributed by atoms with Crippen LogP contribution in [0.3, 0.4) is 0 Å². The Morgan fingerprint density at radius 3 is 2.27 bits per heavy atom. The maximum Gasteiger partial charge on any atom is 0.229 e. The smallest absolute Gasteiger partial charge is 0.229 e. The molecule has 1 saturated heterocycles. The largest absolute Gasteiger partial charge is 0.504 e. The van der Waals surface area contributed by atoms with Gasteiger partial charge in [-0.25, -0.2) is 0 Å². The van der Waals surface area contributed by atoms with Crippen LogP contribution in [0.2, 0.25) is 0 Å². The molecule has 0 bridgehead atoms. The lowest BCUT2D eigenvalue weighted by molar-refractivity contribution is -0.277. The third-order valence-corrected chi connectivity index (χ3v) is 6.22. The van der Waals surface area contributed by atoms with Gasteiger partial charge in [-0.2, -0.15) is 0 Å². The monoisotopic (exact) mass is 522 g/mol. The van der Waals surface area contributed by atoms with Gasteiger partial charge in [0.15, 0.2) is 23.0 Å². The first kappa shape index (κ1) is 28.7. The molecule has 11 nitrogen and oxygen atoms in total. The highest BCUT2D eigenvalue weighted by atomic mass is 16.7. The summed E-state index contributed by atoms with van der Waals surface area (Å²) in [6.45, 7) is -1.02. The first-order valence-corrected chi connectivity index (χ1v) is 11.7. The van der Waals surface area contributed by atoms with Gasteiger partial charge in [-0.15, -0.1) is 0 Å². The van der Waals surface area contributed by atoms with Crippen molar-refractivity contribution in [3.05, 3.63) is 53.1 Å². The van der Waals surface area contributed by atoms with Gasteiger partial charge in [0.2, 0.25) is 6.29 Å². The molecule has 2 aromatic rings. The second kappa shape index (κ2) is 13.1. The Morgan fingerprint density at radius 1 is 0.919 bits per heavy atom. The summed E-state index contributed by atoms with van der Waals surface area (Å²) in [5.74, 6) is 0.0642. The average Bonchev–Trinajstić information content (AvgIpc) is 2.91. The molecule has 0 radical (unpaired) electrons. The molecule has 37 heavy (non-hydrogen) atoms. The van der Waals surface area contributed by atoms with Gasteiger partial charge >= 0.3 is 0 Å². The minimum atomic E-state index is -1.58. The van der Waals surface area contributed by atoms with Gasteiger partial charge in [0.1, 0.15) is 24.4 Å². The van der Waals surface area contributed by atoms with E-state index >= 15 is 0 Å². The van der Waals surface area contributed by atoms with Crippen molar-refractivity contribution in [1.29, 1.82) is 0 Å². The molecule has 0 aromatic heterocycles. The fraction of sp³-hybridized carbons (Fsp3) is 0.462. The highest BCUT2D eigenvalue weighted by molar-refractivity contribution is 5.60. The van der Waals surface area contributed by atoms with Crippen LogP contribution in [-0.2, 0) is 11.2 Å². The summed E-state index contributed by atoms with van der Waals surface area (Å²) in [4.78, 5) is 0. The Morgan fingerprint density at radius 2 is 1.65 bits per heavy atom. The summed E-state index contributed by atoms with van der Waals surface area (Å²) in [5, 5.41) is 69.5. The second-order valence-electron chi connectivity index (χ2n) is 8.63. The molecule has 0 unspecified atom stereocenters. The quantitative estimate of drug-likeness (QED) is 0.210. The number of aliphatic hydroxyl groups is 6. The fourth-order valence-corrected chi connectivity index (χ4v) is 4.19. The van der Waals surface area contributed by atoms with E-state index in [4.69, 9.17) is 24.1 Å². The maximum atomic E-state index is 10.7. The Bertz CT molecular complexity index is 1060. The Hall–Kier alpha value is -2.90. The van der Waals surface area contributed by atoms with E-state index in [-0.39, 0.29) is 36.2 Å². The lowest BCUT2D eigenvalue weighted by atomic mass is 9.90. The minimum Gasteiger partial charge on any atom is -0.504 e. The Kier molecular flexibility index (Phi) is 10.1. The number of phenols is 1. The van der Waals surface area contributed by atoms with Crippen LogP contribution < -0.4 is 14.2 Å². The molecule has 1 heterocycles. The van der Waals surface area contributed by atoms with Crippen LogP contribution in [-0.4, -0.2) is 100 Å². The molecular weight excluding hydrogens is 488 g/mol. The van der Waals surface area contributed by atoms with E-state index in [1.807, 2.05) is 0 Å². The van der Waals surface area contributed by atoms with Crippen LogP contribution in [0, 0.1) is 0 Å². The SMILES string of the molecule is COc1cc(C[C@@H](CO)c2cc(C=CCO)cc(OC)c2O)ccc1O[C@@H]1O[C@H](CO)[C@@H](O)[C@H](O)[C@H]1O. The van der Waals surface area contributed by atoms with E-state index in [1.54, 1.807) is 42.5 Å². The number of aromatic hydroxyl groups is 1. The van der Waals surface area contributed by atoms with Gasteiger partial charge in [-0.05, 0) is 41.8 Å². The number of ether oxygens (including phenoxy) is 4. The molecule has 0 aliphatic carbocycles. The van der Waals surface area contributed by atoms with Gasteiger partial charge < -0.3 is 54.7 Å². The van der Waals surface area contributed by atoms with E-state index in [0.717, 1.165) is 5.56 Å². The predicted octanol–water partition coefficient (Wildman–Crippen LogP) is -0.0878. The number of rotatable bonds is 11. The van der Waals surface area contributed by atoms with Crippen molar-refractivity contribution in [1.82, 2.24) is 0 Å². The van der Waals surface area contributed by atoms with Crippen molar-refractivity contribution in [2.24, 2.45) is 0 Å². The molecule has 1 fully saturated rings. The van der Waals surface area contributed by atoms with E-state index in [1.165, 1.54) is 14.2 Å². The normalized spacial score (nSPS) is 24.7. The zero-order valence-electron chi connectivity index (χ0n) is 20.6. The highest BCUT2D eigenvalue weighted by Gasteiger charge is 2.45. The zero-order valence-corrected chi connectivity index (χ0v) is 20.6. The van der Waals surface area contributed by atoms with E-state index in [0.29, 0.717) is 17.5 Å². The maximum absolute atomic E-state index is 10.7. The minimum absolute atomic E-state index is 0.0998. The molecule has 6 atom stereocenters. The lowest BCUT2D eigenvalue weighted by Crippen LogP contribution is -2.60. The summed E-state index contributed by atoms with van der Waals surface area (Å²) < 4.78 is 21.8. The zero-order chi connectivity index (χ0) is 27.1. The van der Waals surface area contributed by atoms with Crippen LogP contribution in [0.5, 0.6) is 23.0 Å². The Labute approximate surface area is 214 Å². The number of methoxy groups -OCH3 is 2. The van der Waals surface area contributed by atoms with Gasteiger partial charge in [-0.1, -0.05) is 18.2 Å². The van der Waals surface area contributed by atoms with Crippen molar-refractivity contribution in [2.45, 2.75) is 43.0 Å². The molecule has 1 aliphatic heterocycles. The lowest BCUT2D eigenvalue weighted by Gasteiger charge is -2.39. The number of hydrogen-bond donors (Lipinski definition) is 7. The molecule has 2 aromatic carbocycles. The summed E-state index contributed by atoms with van der Waals surface area (Å²) in [6, 6.07) is 8.25. The molecule has 204 valence electrons. The van der Waals surface area contributed by atoms with Crippen molar-refractivity contribution in [3.8, 4) is 23.0 Å². The first-order chi connectivity index (χ1) is 17.8. The summed E-state index contributed by atoms with van der Waals surface area (Å²) in [6.07, 6.45) is -3.64. The predicted molar refractivity (Wildman–Crippen MR) is 132 cm³/mol. The Balaban J connectivity index is 1.85. The van der Waals surface area contributed by atoms with Gasteiger partial charge in [-0.3, -0.25) is 0 Å². The molecule has 1 aliphatic rings. The van der Waals surface area contributed by atoms with Crippen LogP contribution in [0.15, 0.2) is 36.4 Å². The standard InChI is InChI=1S/C26H34O11/c1-34-19-10-15(5-6-18(19)36-26-25(33)24(32)23(31)21(13-29)37-26)8-16(12-28)17-9-14(4-3-7-27)11-20(35-2)22(17)30/h3-6,9-11,16,21,23-33H,7-8,12-13H2,1-2H3/t16-,21+,23+,24-,25+,26+/m0/s1. The van der Waals surface area contributed by atoms with Gasteiger partial charge in [0.05, 0.1) is 34.0 Å². The molecule has 0 spiro atoms. The van der Waals surface area contributed by atoms with E-state index < -0.39 is 43.2 Å². The molecule has 7 N–H and O–H groups in total. The average molecular weight is 523 g/mol. The first-order valence-electron chi connectivity index (χ1n) is 11.7. The topological polar surface area (TPSA) is 179 Å².